The highest BCUT2D eigenvalue weighted by Gasteiger charge is 2.15. The Morgan fingerprint density at radius 2 is 1.69 bits per heavy atom. The molecule has 0 aliphatic heterocycles. The summed E-state index contributed by atoms with van der Waals surface area (Å²) in [6.07, 6.45) is 1.67. The van der Waals surface area contributed by atoms with Crippen LogP contribution < -0.4 is 9.47 Å². The van der Waals surface area contributed by atoms with Crippen molar-refractivity contribution in [1.29, 1.82) is 0 Å². The molecule has 0 aliphatic rings. The Hall–Kier alpha value is -3.32. The van der Waals surface area contributed by atoms with Gasteiger partial charge in [0, 0.05) is 37.1 Å². The van der Waals surface area contributed by atoms with Crippen molar-refractivity contribution in [2.45, 2.75) is 20.0 Å². The van der Waals surface area contributed by atoms with Crippen molar-refractivity contribution >= 4 is 18.0 Å². The molecule has 0 saturated heterocycles. The van der Waals surface area contributed by atoms with Crippen LogP contribution in [0.4, 0.5) is 0 Å². The first-order valence-electron chi connectivity index (χ1n) is 7.65. The number of phenols is 2. The maximum absolute atomic E-state index is 11.3. The minimum atomic E-state index is -1.16. The highest BCUT2D eigenvalue weighted by atomic mass is 16.5. The van der Waals surface area contributed by atoms with Crippen molar-refractivity contribution in [3.63, 3.8) is 0 Å². The van der Waals surface area contributed by atoms with Gasteiger partial charge in [-0.05, 0) is 24.3 Å². The third-order valence-corrected chi connectivity index (χ3v) is 3.29. The number of aliphatic hydroxyl groups excluding tert-OH is 1. The molecule has 2 aromatic rings. The lowest BCUT2D eigenvalue weighted by Gasteiger charge is -2.13. The third-order valence-electron chi connectivity index (χ3n) is 3.29. The lowest BCUT2D eigenvalue weighted by atomic mass is 10.1. The Morgan fingerprint density at radius 3 is 2.31 bits per heavy atom. The van der Waals surface area contributed by atoms with Gasteiger partial charge in [-0.1, -0.05) is 12.2 Å². The first kappa shape index (κ1) is 19.0. The predicted octanol–water partition coefficient (Wildman–Crippen LogP) is 2.70. The van der Waals surface area contributed by atoms with Crippen molar-refractivity contribution < 1.29 is 34.4 Å². The molecule has 0 bridgehead atoms. The van der Waals surface area contributed by atoms with E-state index in [2.05, 4.69) is 0 Å². The monoisotopic (exact) mass is 358 g/mol. The molecule has 1 atom stereocenters. The zero-order valence-electron chi connectivity index (χ0n) is 14.2. The van der Waals surface area contributed by atoms with Crippen LogP contribution in [-0.4, -0.2) is 27.3 Å². The molecule has 7 nitrogen and oxygen atoms in total. The average molecular weight is 358 g/mol. The van der Waals surface area contributed by atoms with Crippen LogP contribution in [0.3, 0.4) is 0 Å². The van der Waals surface area contributed by atoms with Gasteiger partial charge >= 0.3 is 11.9 Å². The number of aromatic hydroxyl groups is 2. The molecular weight excluding hydrogens is 340 g/mol. The molecule has 7 heteroatoms. The first-order chi connectivity index (χ1) is 12.3. The number of aliphatic hydroxyl groups is 1. The highest BCUT2D eigenvalue weighted by molar-refractivity contribution is 5.72. The van der Waals surface area contributed by atoms with Crippen LogP contribution in [0.2, 0.25) is 0 Å². The van der Waals surface area contributed by atoms with E-state index >= 15 is 0 Å². The molecule has 0 amide bonds. The van der Waals surface area contributed by atoms with E-state index in [1.807, 2.05) is 0 Å². The SMILES string of the molecule is CC(=O)Oc1ccc(C(O)C=Cc2ccc(O)cc2O)c(OC(C)=O)c1. The summed E-state index contributed by atoms with van der Waals surface area (Å²) in [4.78, 5) is 22.3. The van der Waals surface area contributed by atoms with Gasteiger partial charge < -0.3 is 24.8 Å². The second-order valence-electron chi connectivity index (χ2n) is 5.43. The van der Waals surface area contributed by atoms with E-state index in [1.165, 1.54) is 62.4 Å². The van der Waals surface area contributed by atoms with Crippen LogP contribution in [0.25, 0.3) is 6.08 Å². The van der Waals surface area contributed by atoms with Gasteiger partial charge in [-0.15, -0.1) is 0 Å². The normalized spacial score (nSPS) is 12.0. The summed E-state index contributed by atoms with van der Waals surface area (Å²) < 4.78 is 10.0. The summed E-state index contributed by atoms with van der Waals surface area (Å²) >= 11 is 0. The number of benzene rings is 2. The second-order valence-corrected chi connectivity index (χ2v) is 5.43. The van der Waals surface area contributed by atoms with E-state index in [0.717, 1.165) is 0 Å². The topological polar surface area (TPSA) is 113 Å². The van der Waals surface area contributed by atoms with Gasteiger partial charge in [0.05, 0.1) is 0 Å². The molecule has 1 unspecified atom stereocenters. The van der Waals surface area contributed by atoms with E-state index in [1.54, 1.807) is 0 Å². The molecule has 0 heterocycles. The van der Waals surface area contributed by atoms with Crippen LogP contribution in [0.15, 0.2) is 42.5 Å². The Labute approximate surface area is 149 Å². The molecule has 0 spiro atoms. The fourth-order valence-electron chi connectivity index (χ4n) is 2.20. The Balaban J connectivity index is 2.31. The lowest BCUT2D eigenvalue weighted by molar-refractivity contribution is -0.132. The van der Waals surface area contributed by atoms with Crippen LogP contribution in [-0.2, 0) is 9.59 Å². The number of ether oxygens (including phenoxy) is 2. The Kier molecular flexibility index (Phi) is 5.98. The van der Waals surface area contributed by atoms with E-state index < -0.39 is 18.0 Å². The molecule has 0 saturated carbocycles. The van der Waals surface area contributed by atoms with Crippen LogP contribution in [0, 0.1) is 0 Å². The van der Waals surface area contributed by atoms with Crippen LogP contribution >= 0.6 is 0 Å². The van der Waals surface area contributed by atoms with Crippen LogP contribution in [0.1, 0.15) is 31.1 Å². The van der Waals surface area contributed by atoms with Crippen molar-refractivity contribution in [1.82, 2.24) is 0 Å². The Morgan fingerprint density at radius 1 is 1.00 bits per heavy atom. The molecule has 0 aliphatic carbocycles. The Bertz CT molecular complexity index is 855. The van der Waals surface area contributed by atoms with E-state index in [4.69, 9.17) is 9.47 Å². The zero-order valence-corrected chi connectivity index (χ0v) is 14.2. The molecule has 0 radical (unpaired) electrons. The summed E-state index contributed by atoms with van der Waals surface area (Å²) in [6.45, 7) is 2.44. The number of phenolic OH excluding ortho intramolecular Hbond substituents is 2. The number of rotatable bonds is 5. The highest BCUT2D eigenvalue weighted by Crippen LogP contribution is 2.32. The first-order valence-corrected chi connectivity index (χ1v) is 7.65. The quantitative estimate of drug-likeness (QED) is 0.556. The fraction of sp³-hybridized carbons (Fsp3) is 0.158. The van der Waals surface area contributed by atoms with Gasteiger partial charge in [0.2, 0.25) is 0 Å². The number of hydrogen-bond acceptors (Lipinski definition) is 7. The van der Waals surface area contributed by atoms with Gasteiger partial charge in [0.15, 0.2) is 0 Å². The maximum atomic E-state index is 11.3. The average Bonchev–Trinajstić information content (AvgIpc) is 2.53. The summed E-state index contributed by atoms with van der Waals surface area (Å²) in [5.41, 5.74) is 0.651. The van der Waals surface area contributed by atoms with E-state index in [0.29, 0.717) is 5.56 Å². The van der Waals surface area contributed by atoms with Gasteiger partial charge in [0.25, 0.3) is 0 Å². The summed E-state index contributed by atoms with van der Waals surface area (Å²) in [5.74, 6) is -1.15. The predicted molar refractivity (Wildman–Crippen MR) is 92.8 cm³/mol. The molecular formula is C19H18O7. The minimum Gasteiger partial charge on any atom is -0.508 e. The van der Waals surface area contributed by atoms with Crippen molar-refractivity contribution in [2.75, 3.05) is 0 Å². The van der Waals surface area contributed by atoms with Gasteiger partial charge in [-0.25, -0.2) is 0 Å². The van der Waals surface area contributed by atoms with Crippen LogP contribution in [0.5, 0.6) is 23.0 Å². The molecule has 0 aromatic heterocycles. The van der Waals surface area contributed by atoms with Crippen molar-refractivity contribution in [2.24, 2.45) is 0 Å². The zero-order chi connectivity index (χ0) is 19.3. The third kappa shape index (κ3) is 5.09. The summed E-state index contributed by atoms with van der Waals surface area (Å²) in [5, 5.41) is 29.4. The number of hydrogen-bond donors (Lipinski definition) is 3. The van der Waals surface area contributed by atoms with Gasteiger partial charge in [0.1, 0.15) is 29.1 Å². The largest absolute Gasteiger partial charge is 0.508 e. The molecule has 26 heavy (non-hydrogen) atoms. The molecule has 0 fully saturated rings. The second kappa shape index (κ2) is 8.17. The number of carbonyl (C=O) groups excluding carboxylic acids is 2. The molecule has 3 N–H and O–H groups in total. The van der Waals surface area contributed by atoms with E-state index in [-0.39, 0.29) is 28.6 Å². The minimum absolute atomic E-state index is 0.0447. The van der Waals surface area contributed by atoms with Crippen molar-refractivity contribution in [3.05, 3.63) is 53.6 Å². The van der Waals surface area contributed by atoms with Gasteiger partial charge in [-0.3, -0.25) is 9.59 Å². The summed E-state index contributed by atoms with van der Waals surface area (Å²) in [7, 11) is 0. The summed E-state index contributed by atoms with van der Waals surface area (Å²) in [6, 6.07) is 8.28. The maximum Gasteiger partial charge on any atom is 0.308 e. The molecule has 136 valence electrons. The molecule has 2 rings (SSSR count). The molecule has 2 aromatic carbocycles. The van der Waals surface area contributed by atoms with E-state index in [9.17, 15) is 24.9 Å². The fourth-order valence-corrected chi connectivity index (χ4v) is 2.20. The van der Waals surface area contributed by atoms with Gasteiger partial charge in [-0.2, -0.15) is 0 Å². The lowest BCUT2D eigenvalue weighted by Crippen LogP contribution is -2.07. The standard InChI is InChI=1S/C19H18O7/c1-11(20)25-15-6-7-16(19(10-15)26-12(2)21)17(23)8-4-13-3-5-14(22)9-18(13)24/h3-10,17,22-24H,1-2H3. The smallest absolute Gasteiger partial charge is 0.308 e. The number of carbonyl (C=O) groups is 2. The number of esters is 2. The van der Waals surface area contributed by atoms with Crippen molar-refractivity contribution in [3.8, 4) is 23.0 Å².